The third kappa shape index (κ3) is 5.41. The van der Waals surface area contributed by atoms with Gasteiger partial charge in [0.25, 0.3) is 0 Å². The zero-order chi connectivity index (χ0) is 14.2. The van der Waals surface area contributed by atoms with Gasteiger partial charge in [0.15, 0.2) is 0 Å². The summed E-state index contributed by atoms with van der Waals surface area (Å²) in [4.78, 5) is 0. The largest absolute Gasteiger partial charge is 0.0925 e. The Hall–Kier alpha value is -0.600. The van der Waals surface area contributed by atoms with Crippen molar-refractivity contribution < 1.29 is 0 Å². The fourth-order valence-electron chi connectivity index (χ4n) is 2.47. The van der Waals surface area contributed by atoms with Gasteiger partial charge in [-0.3, -0.25) is 0 Å². The van der Waals surface area contributed by atoms with Crippen LogP contribution in [-0.4, -0.2) is 5.33 Å². The van der Waals surface area contributed by atoms with Crippen molar-refractivity contribution in [1.29, 1.82) is 0 Å². The van der Waals surface area contributed by atoms with Crippen LogP contribution < -0.4 is 0 Å². The Morgan fingerprint density at radius 3 is 2.35 bits per heavy atom. The minimum absolute atomic E-state index is 0.716. The van der Waals surface area contributed by atoms with Gasteiger partial charge in [0.05, 0.1) is 0 Å². The minimum atomic E-state index is 0.716. The number of alkyl halides is 1. The van der Waals surface area contributed by atoms with Crippen molar-refractivity contribution in [2.24, 2.45) is 5.92 Å². The standard InChI is InChI=1S/C18H20Br2/c19-14-17(12-16-9-5-11-18(20)13-16)10-4-8-15-6-2-1-3-7-15/h1-3,5-7,9,11,13,17H,4,8,10,12,14H2. The predicted molar refractivity (Wildman–Crippen MR) is 94.5 cm³/mol. The lowest BCUT2D eigenvalue weighted by Gasteiger charge is -2.14. The van der Waals surface area contributed by atoms with Crippen LogP contribution in [0, 0.1) is 5.92 Å². The molecule has 2 rings (SSSR count). The van der Waals surface area contributed by atoms with E-state index in [4.69, 9.17) is 0 Å². The van der Waals surface area contributed by atoms with E-state index in [1.165, 1.54) is 34.9 Å². The van der Waals surface area contributed by atoms with Crippen LogP contribution in [0.2, 0.25) is 0 Å². The first-order valence-corrected chi connectivity index (χ1v) is 9.03. The van der Waals surface area contributed by atoms with E-state index in [0.29, 0.717) is 5.92 Å². The smallest absolute Gasteiger partial charge is 0.0177 e. The maximum Gasteiger partial charge on any atom is 0.0177 e. The minimum Gasteiger partial charge on any atom is -0.0925 e. The quantitative estimate of drug-likeness (QED) is 0.502. The lowest BCUT2D eigenvalue weighted by atomic mass is 9.95. The summed E-state index contributed by atoms with van der Waals surface area (Å²) < 4.78 is 1.17. The monoisotopic (exact) mass is 394 g/mol. The summed E-state index contributed by atoms with van der Waals surface area (Å²) in [5, 5.41) is 1.08. The number of hydrogen-bond acceptors (Lipinski definition) is 0. The molecule has 0 aromatic heterocycles. The van der Waals surface area contributed by atoms with Crippen molar-refractivity contribution in [2.75, 3.05) is 5.33 Å². The van der Waals surface area contributed by atoms with E-state index in [2.05, 4.69) is 86.5 Å². The first-order chi connectivity index (χ1) is 9.78. The molecule has 20 heavy (non-hydrogen) atoms. The van der Waals surface area contributed by atoms with Crippen molar-refractivity contribution in [3.63, 3.8) is 0 Å². The van der Waals surface area contributed by atoms with Gasteiger partial charge < -0.3 is 0 Å². The maximum absolute atomic E-state index is 3.67. The second kappa shape index (κ2) is 8.63. The van der Waals surface area contributed by atoms with Gasteiger partial charge in [0.2, 0.25) is 0 Å². The van der Waals surface area contributed by atoms with Crippen LogP contribution in [0.4, 0.5) is 0 Å². The van der Waals surface area contributed by atoms with E-state index >= 15 is 0 Å². The highest BCUT2D eigenvalue weighted by Crippen LogP contribution is 2.20. The molecular weight excluding hydrogens is 376 g/mol. The molecule has 0 spiro atoms. The van der Waals surface area contributed by atoms with Crippen LogP contribution >= 0.6 is 31.9 Å². The van der Waals surface area contributed by atoms with Gasteiger partial charge in [-0.1, -0.05) is 74.3 Å². The topological polar surface area (TPSA) is 0 Å². The number of rotatable bonds is 7. The Morgan fingerprint density at radius 1 is 0.900 bits per heavy atom. The number of halogens is 2. The summed E-state index contributed by atoms with van der Waals surface area (Å²) in [6.45, 7) is 0. The molecule has 0 radical (unpaired) electrons. The molecule has 1 unspecified atom stereocenters. The van der Waals surface area contributed by atoms with Gasteiger partial charge in [0, 0.05) is 9.80 Å². The second-order valence-electron chi connectivity index (χ2n) is 5.23. The van der Waals surface area contributed by atoms with Crippen LogP contribution in [0.1, 0.15) is 24.0 Å². The van der Waals surface area contributed by atoms with Crippen molar-refractivity contribution in [2.45, 2.75) is 25.7 Å². The summed E-state index contributed by atoms with van der Waals surface area (Å²) in [5.74, 6) is 0.716. The van der Waals surface area contributed by atoms with Gasteiger partial charge in [-0.05, 0) is 54.9 Å². The third-order valence-electron chi connectivity index (χ3n) is 3.55. The van der Waals surface area contributed by atoms with Crippen LogP contribution in [-0.2, 0) is 12.8 Å². The summed E-state index contributed by atoms with van der Waals surface area (Å²) >= 11 is 7.21. The zero-order valence-electron chi connectivity index (χ0n) is 11.6. The molecule has 0 aliphatic rings. The van der Waals surface area contributed by atoms with Gasteiger partial charge in [0.1, 0.15) is 0 Å². The molecule has 106 valence electrons. The van der Waals surface area contributed by atoms with E-state index in [9.17, 15) is 0 Å². The summed E-state index contributed by atoms with van der Waals surface area (Å²) in [5.41, 5.74) is 2.87. The molecule has 1 atom stereocenters. The summed E-state index contributed by atoms with van der Waals surface area (Å²) in [7, 11) is 0. The SMILES string of the molecule is BrCC(CCCc1ccccc1)Cc1cccc(Br)c1. The van der Waals surface area contributed by atoms with Crippen molar-refractivity contribution in [3.05, 3.63) is 70.2 Å². The molecule has 0 bridgehead atoms. The van der Waals surface area contributed by atoms with E-state index in [-0.39, 0.29) is 0 Å². The van der Waals surface area contributed by atoms with Crippen LogP contribution in [0.3, 0.4) is 0 Å². The van der Waals surface area contributed by atoms with Crippen molar-refractivity contribution in [1.82, 2.24) is 0 Å². The van der Waals surface area contributed by atoms with Crippen LogP contribution in [0.5, 0.6) is 0 Å². The highest BCUT2D eigenvalue weighted by Gasteiger charge is 2.08. The van der Waals surface area contributed by atoms with E-state index in [0.717, 1.165) is 11.8 Å². The zero-order valence-corrected chi connectivity index (χ0v) is 14.7. The molecule has 2 heteroatoms. The molecule has 0 saturated carbocycles. The summed E-state index contributed by atoms with van der Waals surface area (Å²) in [6, 6.07) is 19.4. The lowest BCUT2D eigenvalue weighted by molar-refractivity contribution is 0.518. The Labute approximate surface area is 138 Å². The molecule has 0 nitrogen and oxygen atoms in total. The number of hydrogen-bond donors (Lipinski definition) is 0. The van der Waals surface area contributed by atoms with Gasteiger partial charge in [-0.25, -0.2) is 0 Å². The molecule has 0 amide bonds. The Kier molecular flexibility index (Phi) is 6.81. The second-order valence-corrected chi connectivity index (χ2v) is 6.80. The number of aryl methyl sites for hydroxylation is 1. The molecular formula is C18H20Br2. The molecule has 0 N–H and O–H groups in total. The molecule has 2 aromatic carbocycles. The fraction of sp³-hybridized carbons (Fsp3) is 0.333. The lowest BCUT2D eigenvalue weighted by Crippen LogP contribution is -2.07. The average molecular weight is 396 g/mol. The van der Waals surface area contributed by atoms with Crippen LogP contribution in [0.25, 0.3) is 0 Å². The Morgan fingerprint density at radius 2 is 1.65 bits per heavy atom. The van der Waals surface area contributed by atoms with Crippen molar-refractivity contribution >= 4 is 31.9 Å². The van der Waals surface area contributed by atoms with Gasteiger partial charge >= 0.3 is 0 Å². The Balaban J connectivity index is 1.80. The maximum atomic E-state index is 3.67. The van der Waals surface area contributed by atoms with Crippen molar-refractivity contribution in [3.8, 4) is 0 Å². The number of benzene rings is 2. The van der Waals surface area contributed by atoms with Gasteiger partial charge in [-0.15, -0.1) is 0 Å². The molecule has 0 saturated heterocycles. The van der Waals surface area contributed by atoms with E-state index in [1.54, 1.807) is 0 Å². The average Bonchev–Trinajstić information content (AvgIpc) is 2.47. The van der Waals surface area contributed by atoms with E-state index in [1.807, 2.05) is 0 Å². The van der Waals surface area contributed by atoms with E-state index < -0.39 is 0 Å². The first-order valence-electron chi connectivity index (χ1n) is 7.12. The predicted octanol–water partition coefficient (Wildman–Crippen LogP) is 6.03. The molecule has 0 aliphatic carbocycles. The third-order valence-corrected chi connectivity index (χ3v) is 4.96. The fourth-order valence-corrected chi connectivity index (χ4v) is 3.47. The van der Waals surface area contributed by atoms with Crippen LogP contribution in [0.15, 0.2) is 59.1 Å². The molecule has 0 fully saturated rings. The van der Waals surface area contributed by atoms with Gasteiger partial charge in [-0.2, -0.15) is 0 Å². The molecule has 2 aromatic rings. The highest BCUT2D eigenvalue weighted by atomic mass is 79.9. The molecule has 0 aliphatic heterocycles. The normalized spacial score (nSPS) is 12.3. The first kappa shape index (κ1) is 15.8. The molecule has 0 heterocycles. The highest BCUT2D eigenvalue weighted by molar-refractivity contribution is 9.10. The summed E-state index contributed by atoms with van der Waals surface area (Å²) in [6.07, 6.45) is 4.86. The Bertz CT molecular complexity index is 508.